The van der Waals surface area contributed by atoms with Gasteiger partial charge in [0.2, 0.25) is 5.91 Å². The Morgan fingerprint density at radius 1 is 1.33 bits per heavy atom. The molecule has 0 aliphatic carbocycles. The average molecular weight is 248 g/mol. The lowest BCUT2D eigenvalue weighted by Crippen LogP contribution is -2.48. The number of carbonyl (C=O) groups excluding carboxylic acids is 1. The molecule has 1 atom stereocenters. The first-order chi connectivity index (χ1) is 8.58. The summed E-state index contributed by atoms with van der Waals surface area (Å²) in [6.45, 7) is 6.83. The van der Waals surface area contributed by atoms with E-state index in [2.05, 4.69) is 16.0 Å². The first kappa shape index (κ1) is 12.8. The molecule has 0 spiro atoms. The van der Waals surface area contributed by atoms with Crippen molar-refractivity contribution in [2.24, 2.45) is 5.73 Å². The van der Waals surface area contributed by atoms with Crippen molar-refractivity contribution >= 4 is 11.6 Å². The number of rotatable bonds is 2. The molecule has 1 aromatic heterocycles. The highest BCUT2D eigenvalue weighted by Crippen LogP contribution is 2.17. The molecular formula is C13H20N4O. The zero-order chi connectivity index (χ0) is 13.1. The van der Waals surface area contributed by atoms with Crippen molar-refractivity contribution in [2.75, 3.05) is 31.1 Å². The number of nitrogens with two attached hydrogens (primary N) is 1. The third-order valence-electron chi connectivity index (χ3n) is 3.33. The van der Waals surface area contributed by atoms with E-state index in [1.54, 1.807) is 6.92 Å². The van der Waals surface area contributed by atoms with Crippen molar-refractivity contribution in [2.45, 2.75) is 19.9 Å². The molecule has 2 rings (SSSR count). The molecule has 1 fully saturated rings. The molecule has 0 radical (unpaired) electrons. The molecule has 1 saturated heterocycles. The summed E-state index contributed by atoms with van der Waals surface area (Å²) in [7, 11) is 0. The molecule has 1 aromatic rings. The van der Waals surface area contributed by atoms with Gasteiger partial charge in [0.15, 0.2) is 0 Å². The van der Waals surface area contributed by atoms with E-state index >= 15 is 0 Å². The maximum absolute atomic E-state index is 11.2. The summed E-state index contributed by atoms with van der Waals surface area (Å²) in [6, 6.07) is 3.99. The number of anilines is 1. The Hall–Kier alpha value is -1.62. The van der Waals surface area contributed by atoms with Crippen LogP contribution in [0.25, 0.3) is 0 Å². The molecule has 1 amide bonds. The minimum Gasteiger partial charge on any atom is -0.367 e. The smallest absolute Gasteiger partial charge is 0.219 e. The number of amides is 1. The van der Waals surface area contributed by atoms with E-state index in [0.29, 0.717) is 0 Å². The van der Waals surface area contributed by atoms with E-state index in [0.717, 1.165) is 37.6 Å². The highest BCUT2D eigenvalue weighted by molar-refractivity contribution is 5.73. The highest BCUT2D eigenvalue weighted by atomic mass is 16.2. The Kier molecular flexibility index (Phi) is 3.81. The number of pyridine rings is 1. The summed E-state index contributed by atoms with van der Waals surface area (Å²) in [5, 5.41) is 0. The van der Waals surface area contributed by atoms with Gasteiger partial charge in [-0.05, 0) is 19.1 Å². The van der Waals surface area contributed by atoms with E-state index in [9.17, 15) is 4.79 Å². The second-order valence-corrected chi connectivity index (χ2v) is 4.72. The van der Waals surface area contributed by atoms with Crippen LogP contribution in [0.3, 0.4) is 0 Å². The zero-order valence-electron chi connectivity index (χ0n) is 11.0. The van der Waals surface area contributed by atoms with Gasteiger partial charge in [-0.25, -0.2) is 0 Å². The first-order valence-electron chi connectivity index (χ1n) is 6.30. The Morgan fingerprint density at radius 3 is 2.44 bits per heavy atom. The van der Waals surface area contributed by atoms with Gasteiger partial charge in [-0.2, -0.15) is 0 Å². The van der Waals surface area contributed by atoms with Crippen LogP contribution in [0.15, 0.2) is 18.3 Å². The fourth-order valence-corrected chi connectivity index (χ4v) is 2.13. The SMILES string of the molecule is CC(=O)N1CCN(c2ccc(C(C)N)nc2)CC1. The van der Waals surface area contributed by atoms with Gasteiger partial charge in [-0.1, -0.05) is 0 Å². The standard InChI is InChI=1S/C13H20N4O/c1-10(14)13-4-3-12(9-15-13)17-7-5-16(6-8-17)11(2)18/h3-4,9-10H,5-8,14H2,1-2H3. The van der Waals surface area contributed by atoms with Gasteiger partial charge in [0, 0.05) is 39.1 Å². The number of hydrogen-bond acceptors (Lipinski definition) is 4. The van der Waals surface area contributed by atoms with Gasteiger partial charge in [0.25, 0.3) is 0 Å². The van der Waals surface area contributed by atoms with Crippen molar-refractivity contribution in [1.29, 1.82) is 0 Å². The minimum absolute atomic E-state index is 0.0337. The van der Waals surface area contributed by atoms with Crippen molar-refractivity contribution in [3.63, 3.8) is 0 Å². The van der Waals surface area contributed by atoms with Crippen molar-refractivity contribution < 1.29 is 4.79 Å². The van der Waals surface area contributed by atoms with Crippen molar-refractivity contribution in [3.8, 4) is 0 Å². The maximum atomic E-state index is 11.2. The number of carbonyl (C=O) groups is 1. The normalized spacial score (nSPS) is 17.7. The van der Waals surface area contributed by atoms with Crippen LogP contribution < -0.4 is 10.6 Å². The molecular weight excluding hydrogens is 228 g/mol. The topological polar surface area (TPSA) is 62.5 Å². The van der Waals surface area contributed by atoms with E-state index in [1.807, 2.05) is 24.1 Å². The Bertz CT molecular complexity index is 408. The minimum atomic E-state index is -0.0337. The van der Waals surface area contributed by atoms with E-state index in [-0.39, 0.29) is 11.9 Å². The second kappa shape index (κ2) is 5.35. The largest absolute Gasteiger partial charge is 0.367 e. The fourth-order valence-electron chi connectivity index (χ4n) is 2.13. The van der Waals surface area contributed by atoms with Crippen LogP contribution >= 0.6 is 0 Å². The lowest BCUT2D eigenvalue weighted by atomic mass is 10.2. The molecule has 0 bridgehead atoms. The predicted octanol–water partition coefficient (Wildman–Crippen LogP) is 0.770. The third-order valence-corrected chi connectivity index (χ3v) is 3.33. The maximum Gasteiger partial charge on any atom is 0.219 e. The molecule has 0 aromatic carbocycles. The van der Waals surface area contributed by atoms with Crippen molar-refractivity contribution in [3.05, 3.63) is 24.0 Å². The average Bonchev–Trinajstić information content (AvgIpc) is 2.39. The number of hydrogen-bond donors (Lipinski definition) is 1. The number of aromatic nitrogens is 1. The van der Waals surface area contributed by atoms with Crippen molar-refractivity contribution in [1.82, 2.24) is 9.88 Å². The Morgan fingerprint density at radius 2 is 2.00 bits per heavy atom. The Balaban J connectivity index is 1.99. The number of piperazine rings is 1. The van der Waals surface area contributed by atoms with Crippen LogP contribution in [0.1, 0.15) is 25.6 Å². The van der Waals surface area contributed by atoms with Crippen LogP contribution in [0.5, 0.6) is 0 Å². The molecule has 2 N–H and O–H groups in total. The lowest BCUT2D eigenvalue weighted by Gasteiger charge is -2.35. The van der Waals surface area contributed by atoms with Crippen LogP contribution in [0.4, 0.5) is 5.69 Å². The van der Waals surface area contributed by atoms with Gasteiger partial charge in [-0.15, -0.1) is 0 Å². The molecule has 1 aliphatic heterocycles. The molecule has 5 nitrogen and oxygen atoms in total. The molecule has 0 saturated carbocycles. The van der Waals surface area contributed by atoms with Crippen LogP contribution in [-0.2, 0) is 4.79 Å². The van der Waals surface area contributed by atoms with Gasteiger partial charge in [-0.3, -0.25) is 9.78 Å². The first-order valence-corrected chi connectivity index (χ1v) is 6.30. The highest BCUT2D eigenvalue weighted by Gasteiger charge is 2.18. The van der Waals surface area contributed by atoms with E-state index in [1.165, 1.54) is 0 Å². The van der Waals surface area contributed by atoms with E-state index in [4.69, 9.17) is 5.73 Å². The van der Waals surface area contributed by atoms with Crippen LogP contribution in [0, 0.1) is 0 Å². The molecule has 1 unspecified atom stereocenters. The van der Waals surface area contributed by atoms with Crippen LogP contribution in [-0.4, -0.2) is 42.0 Å². The van der Waals surface area contributed by atoms with E-state index < -0.39 is 0 Å². The predicted molar refractivity (Wildman–Crippen MR) is 71.3 cm³/mol. The van der Waals surface area contributed by atoms with Gasteiger partial charge in [0.1, 0.15) is 0 Å². The second-order valence-electron chi connectivity index (χ2n) is 4.72. The molecule has 98 valence electrons. The molecule has 18 heavy (non-hydrogen) atoms. The quantitative estimate of drug-likeness (QED) is 0.839. The molecule has 5 heteroatoms. The fraction of sp³-hybridized carbons (Fsp3) is 0.538. The van der Waals surface area contributed by atoms with Gasteiger partial charge >= 0.3 is 0 Å². The summed E-state index contributed by atoms with van der Waals surface area (Å²) in [5.74, 6) is 0.153. The molecule has 2 heterocycles. The Labute approximate surface area is 108 Å². The molecule has 1 aliphatic rings. The summed E-state index contributed by atoms with van der Waals surface area (Å²) >= 11 is 0. The summed E-state index contributed by atoms with van der Waals surface area (Å²) in [5.41, 5.74) is 7.78. The summed E-state index contributed by atoms with van der Waals surface area (Å²) in [4.78, 5) is 19.7. The number of nitrogens with zero attached hydrogens (tertiary/aromatic N) is 3. The zero-order valence-corrected chi connectivity index (χ0v) is 11.0. The lowest BCUT2D eigenvalue weighted by molar-refractivity contribution is -0.129. The summed E-state index contributed by atoms with van der Waals surface area (Å²) in [6.07, 6.45) is 1.86. The van der Waals surface area contributed by atoms with Gasteiger partial charge < -0.3 is 15.5 Å². The van der Waals surface area contributed by atoms with Crippen LogP contribution in [0.2, 0.25) is 0 Å². The monoisotopic (exact) mass is 248 g/mol. The van der Waals surface area contributed by atoms with Gasteiger partial charge in [0.05, 0.1) is 17.6 Å². The third kappa shape index (κ3) is 2.79. The summed E-state index contributed by atoms with van der Waals surface area (Å²) < 4.78 is 0.